The Morgan fingerprint density at radius 2 is 0.961 bits per heavy atom. The molecule has 3 heteroatoms. The van der Waals surface area contributed by atoms with Crippen molar-refractivity contribution in [1.82, 2.24) is 0 Å². The maximum atomic E-state index is 2.60. The molecule has 51 heavy (non-hydrogen) atoms. The molecule has 2 heterocycles. The first-order chi connectivity index (χ1) is 25.3. The second-order valence-electron chi connectivity index (χ2n) is 13.4. The highest BCUT2D eigenvalue weighted by Gasteiger charge is 2.25. The molecule has 2 aromatic heterocycles. The van der Waals surface area contributed by atoms with E-state index in [1.54, 1.807) is 0 Å². The lowest BCUT2D eigenvalue weighted by molar-refractivity contribution is 0.797. The third-order valence-electron chi connectivity index (χ3n) is 10.5. The summed E-state index contributed by atoms with van der Waals surface area (Å²) >= 11 is 3.81. The number of fused-ring (bicyclic) bond motifs is 8. The molecule has 0 aliphatic heterocycles. The second kappa shape index (κ2) is 12.4. The SMILES string of the molecule is CCCCc1cc(N(c2cccc3c2sc2ccccc23)c2cccc3c2sc2ccccc23)c2ccccc2c1-c1cccc2ccccc12. The molecule has 0 saturated carbocycles. The molecule has 0 aliphatic rings. The molecule has 10 aromatic rings. The molecule has 0 fully saturated rings. The summed E-state index contributed by atoms with van der Waals surface area (Å²) in [4.78, 5) is 2.60. The van der Waals surface area contributed by atoms with Gasteiger partial charge in [0, 0.05) is 36.3 Å². The lowest BCUT2D eigenvalue weighted by atomic mass is 9.87. The maximum absolute atomic E-state index is 2.60. The van der Waals surface area contributed by atoms with Crippen LogP contribution in [-0.4, -0.2) is 0 Å². The van der Waals surface area contributed by atoms with Crippen molar-refractivity contribution < 1.29 is 0 Å². The highest BCUT2D eigenvalue weighted by Crippen LogP contribution is 2.51. The van der Waals surface area contributed by atoms with Crippen molar-refractivity contribution in [3.8, 4) is 11.1 Å². The Morgan fingerprint density at radius 1 is 0.451 bits per heavy atom. The maximum Gasteiger partial charge on any atom is 0.0641 e. The van der Waals surface area contributed by atoms with E-state index in [2.05, 4.69) is 170 Å². The first-order valence-electron chi connectivity index (χ1n) is 17.9. The van der Waals surface area contributed by atoms with Gasteiger partial charge in [-0.1, -0.05) is 141 Å². The van der Waals surface area contributed by atoms with Crippen molar-refractivity contribution in [3.05, 3.63) is 163 Å². The van der Waals surface area contributed by atoms with Gasteiger partial charge in [0.15, 0.2) is 0 Å². The van der Waals surface area contributed by atoms with Gasteiger partial charge in [0.2, 0.25) is 0 Å². The minimum Gasteiger partial charge on any atom is -0.307 e. The molecular formula is C48H35NS2. The predicted molar refractivity (Wildman–Crippen MR) is 226 cm³/mol. The molecule has 244 valence electrons. The summed E-state index contributed by atoms with van der Waals surface area (Å²) in [6, 6.07) is 58.8. The molecule has 1 nitrogen and oxygen atoms in total. The lowest BCUT2D eigenvalue weighted by Gasteiger charge is -2.30. The standard InChI is InChI=1S/C48H35NS2/c1-2-3-15-32-30-43(34-19-6-7-22-38(34)46(32)37-23-12-17-31-16-4-5-18-33(31)37)49(41-26-13-24-39-35-20-8-10-28-44(35)50-47(39)41)42-27-14-25-40-36-21-9-11-29-45(36)51-48(40)42/h4-14,16-30H,2-3,15H2,1H3. The van der Waals surface area contributed by atoms with Gasteiger partial charge in [-0.3, -0.25) is 0 Å². The molecule has 0 unspecified atom stereocenters. The van der Waals surface area contributed by atoms with E-state index in [1.807, 2.05) is 22.7 Å². The number of rotatable bonds is 7. The van der Waals surface area contributed by atoms with Crippen LogP contribution in [0.2, 0.25) is 0 Å². The molecular weight excluding hydrogens is 655 g/mol. The summed E-state index contributed by atoms with van der Waals surface area (Å²) in [5.41, 5.74) is 7.76. The van der Waals surface area contributed by atoms with Gasteiger partial charge in [-0.2, -0.15) is 0 Å². The van der Waals surface area contributed by atoms with Crippen LogP contribution in [0.1, 0.15) is 25.3 Å². The van der Waals surface area contributed by atoms with Crippen LogP contribution >= 0.6 is 22.7 Å². The second-order valence-corrected chi connectivity index (χ2v) is 15.5. The van der Waals surface area contributed by atoms with Crippen LogP contribution in [0.4, 0.5) is 17.1 Å². The Bertz CT molecular complexity index is 2810. The molecule has 0 atom stereocenters. The summed E-state index contributed by atoms with van der Waals surface area (Å²) in [5, 5.41) is 10.4. The molecule has 0 saturated heterocycles. The zero-order valence-corrected chi connectivity index (χ0v) is 30.0. The van der Waals surface area contributed by atoms with Crippen molar-refractivity contribution in [3.63, 3.8) is 0 Å². The quantitative estimate of drug-likeness (QED) is 0.161. The third-order valence-corrected chi connectivity index (χ3v) is 12.9. The van der Waals surface area contributed by atoms with Gasteiger partial charge in [-0.25, -0.2) is 0 Å². The smallest absolute Gasteiger partial charge is 0.0641 e. The zero-order valence-electron chi connectivity index (χ0n) is 28.4. The van der Waals surface area contributed by atoms with Crippen molar-refractivity contribution in [2.24, 2.45) is 0 Å². The van der Waals surface area contributed by atoms with E-state index in [4.69, 9.17) is 0 Å². The van der Waals surface area contributed by atoms with Crippen LogP contribution in [-0.2, 0) is 6.42 Å². The summed E-state index contributed by atoms with van der Waals surface area (Å²) in [6.45, 7) is 2.30. The van der Waals surface area contributed by atoms with E-state index in [-0.39, 0.29) is 0 Å². The minimum absolute atomic E-state index is 1.01. The molecule has 0 aliphatic carbocycles. The molecule has 0 amide bonds. The number of benzene rings is 8. The monoisotopic (exact) mass is 689 g/mol. The van der Waals surface area contributed by atoms with Gasteiger partial charge in [0.25, 0.3) is 0 Å². The fourth-order valence-electron chi connectivity index (χ4n) is 8.13. The van der Waals surface area contributed by atoms with Crippen LogP contribution in [0.25, 0.3) is 73.0 Å². The Morgan fingerprint density at radius 3 is 1.61 bits per heavy atom. The van der Waals surface area contributed by atoms with E-state index in [1.165, 1.54) is 95.6 Å². The number of anilines is 3. The van der Waals surface area contributed by atoms with Crippen LogP contribution in [0, 0.1) is 0 Å². The number of aryl methyl sites for hydroxylation is 1. The number of nitrogens with zero attached hydrogens (tertiary/aromatic N) is 1. The van der Waals surface area contributed by atoms with E-state index in [0.717, 1.165) is 19.3 Å². The zero-order chi connectivity index (χ0) is 33.9. The highest BCUT2D eigenvalue weighted by molar-refractivity contribution is 7.27. The van der Waals surface area contributed by atoms with Gasteiger partial charge in [0.05, 0.1) is 26.5 Å². The highest BCUT2D eigenvalue weighted by atomic mass is 32.1. The fraction of sp³-hybridized carbons (Fsp3) is 0.0833. The predicted octanol–water partition coefficient (Wildman–Crippen LogP) is 15.2. The van der Waals surface area contributed by atoms with E-state index >= 15 is 0 Å². The van der Waals surface area contributed by atoms with Crippen molar-refractivity contribution in [2.45, 2.75) is 26.2 Å². The first-order valence-corrected chi connectivity index (χ1v) is 19.5. The molecule has 0 bridgehead atoms. The van der Waals surface area contributed by atoms with Crippen LogP contribution in [0.15, 0.2) is 158 Å². The normalized spacial score (nSPS) is 11.9. The third kappa shape index (κ3) is 4.87. The summed E-state index contributed by atoms with van der Waals surface area (Å²) < 4.78 is 5.27. The van der Waals surface area contributed by atoms with Gasteiger partial charge < -0.3 is 4.90 Å². The molecule has 0 spiro atoms. The average molecular weight is 690 g/mol. The molecule has 0 radical (unpaired) electrons. The summed E-state index contributed by atoms with van der Waals surface area (Å²) in [6.07, 6.45) is 3.29. The van der Waals surface area contributed by atoms with Crippen molar-refractivity contribution in [1.29, 1.82) is 0 Å². The van der Waals surface area contributed by atoms with Gasteiger partial charge in [-0.05, 0) is 76.0 Å². The van der Waals surface area contributed by atoms with E-state index in [0.29, 0.717) is 0 Å². The Balaban J connectivity index is 1.34. The largest absolute Gasteiger partial charge is 0.307 e. The summed E-state index contributed by atoms with van der Waals surface area (Å²) in [7, 11) is 0. The number of hydrogen-bond donors (Lipinski definition) is 0. The van der Waals surface area contributed by atoms with E-state index < -0.39 is 0 Å². The molecule has 8 aromatic carbocycles. The van der Waals surface area contributed by atoms with Gasteiger partial charge in [0.1, 0.15) is 0 Å². The van der Waals surface area contributed by atoms with Crippen LogP contribution in [0.3, 0.4) is 0 Å². The number of hydrogen-bond acceptors (Lipinski definition) is 3. The Labute approximate surface area is 305 Å². The topological polar surface area (TPSA) is 3.24 Å². The number of thiophene rings is 2. The van der Waals surface area contributed by atoms with Gasteiger partial charge in [-0.15, -0.1) is 22.7 Å². The van der Waals surface area contributed by atoms with Crippen molar-refractivity contribution >= 4 is 102 Å². The Kier molecular flexibility index (Phi) is 7.37. The summed E-state index contributed by atoms with van der Waals surface area (Å²) in [5.74, 6) is 0. The molecule has 0 N–H and O–H groups in total. The Hall–Kier alpha value is -5.48. The van der Waals surface area contributed by atoms with Crippen LogP contribution < -0.4 is 4.90 Å². The lowest BCUT2D eigenvalue weighted by Crippen LogP contribution is -2.12. The average Bonchev–Trinajstić information content (AvgIpc) is 3.77. The molecule has 10 rings (SSSR count). The first kappa shape index (κ1) is 30.4. The minimum atomic E-state index is 1.01. The fourth-order valence-corrected chi connectivity index (χ4v) is 10.5. The van der Waals surface area contributed by atoms with Crippen LogP contribution in [0.5, 0.6) is 0 Å². The van der Waals surface area contributed by atoms with Gasteiger partial charge >= 0.3 is 0 Å². The number of unbranched alkanes of at least 4 members (excludes halogenated alkanes) is 1. The van der Waals surface area contributed by atoms with Crippen molar-refractivity contribution in [2.75, 3.05) is 4.90 Å². The van der Waals surface area contributed by atoms with E-state index in [9.17, 15) is 0 Å².